The van der Waals surface area contributed by atoms with Crippen LogP contribution in [0, 0.1) is 40.4 Å². The number of carbonyl (C=O) groups excluding carboxylic acids is 3. The van der Waals surface area contributed by atoms with Crippen LogP contribution in [-0.2, 0) is 28.6 Å². The summed E-state index contributed by atoms with van der Waals surface area (Å²) in [5.74, 6) is 1.26. The summed E-state index contributed by atoms with van der Waals surface area (Å²) in [7, 11) is 0. The summed E-state index contributed by atoms with van der Waals surface area (Å²) < 4.78 is 17.2. The zero-order valence-corrected chi connectivity index (χ0v) is 21.0. The van der Waals surface area contributed by atoms with Crippen molar-refractivity contribution >= 4 is 17.9 Å². The third kappa shape index (κ3) is 4.01. The SMILES string of the molecule is CC(=O)OC[C@]12C(=C[C@@H](C)[C@H]3[C@@H]4CC[C@H](OC(C)=O)[C@@]4(C)CC[C@@H]31)C[C@@H](OC(C)=O)C[C@H]2C. The minimum atomic E-state index is -0.246. The van der Waals surface area contributed by atoms with Gasteiger partial charge in [0.1, 0.15) is 18.8 Å². The van der Waals surface area contributed by atoms with E-state index in [0.717, 1.165) is 38.5 Å². The van der Waals surface area contributed by atoms with Crippen LogP contribution in [0.15, 0.2) is 11.6 Å². The topological polar surface area (TPSA) is 78.9 Å². The number of carbonyl (C=O) groups is 3. The fraction of sp³-hybridized carbons (Fsp3) is 0.815. The first-order chi connectivity index (χ1) is 15.5. The van der Waals surface area contributed by atoms with Crippen molar-refractivity contribution in [1.29, 1.82) is 0 Å². The normalized spacial score (nSPS) is 43.9. The van der Waals surface area contributed by atoms with Crippen LogP contribution in [-0.4, -0.2) is 36.7 Å². The highest BCUT2D eigenvalue weighted by atomic mass is 16.5. The molecule has 4 rings (SSSR count). The lowest BCUT2D eigenvalue weighted by Crippen LogP contribution is -2.58. The van der Waals surface area contributed by atoms with Crippen LogP contribution in [0.4, 0.5) is 0 Å². The predicted molar refractivity (Wildman–Crippen MR) is 123 cm³/mol. The minimum Gasteiger partial charge on any atom is -0.465 e. The monoisotopic (exact) mass is 460 g/mol. The van der Waals surface area contributed by atoms with Gasteiger partial charge in [-0.2, -0.15) is 0 Å². The molecule has 0 aliphatic heterocycles. The van der Waals surface area contributed by atoms with E-state index < -0.39 is 0 Å². The molecule has 0 amide bonds. The molecule has 0 N–H and O–H groups in total. The number of rotatable bonds is 4. The molecule has 4 aliphatic rings. The molecular formula is C27H40O6. The van der Waals surface area contributed by atoms with E-state index in [9.17, 15) is 14.4 Å². The molecule has 4 aliphatic carbocycles. The fourth-order valence-electron chi connectivity index (χ4n) is 8.46. The Bertz CT molecular complexity index is 848. The van der Waals surface area contributed by atoms with E-state index in [-0.39, 0.29) is 46.9 Å². The molecule has 6 heteroatoms. The van der Waals surface area contributed by atoms with Crippen LogP contribution in [0.1, 0.15) is 80.1 Å². The Kier molecular flexibility index (Phi) is 6.43. The lowest BCUT2D eigenvalue weighted by Gasteiger charge is -2.61. The van der Waals surface area contributed by atoms with Crippen LogP contribution >= 0.6 is 0 Å². The van der Waals surface area contributed by atoms with E-state index in [1.165, 1.54) is 26.3 Å². The lowest BCUT2D eigenvalue weighted by molar-refractivity contribution is -0.167. The number of allylic oxidation sites excluding steroid dienone is 1. The second kappa shape index (κ2) is 8.74. The quantitative estimate of drug-likeness (QED) is 0.339. The zero-order valence-electron chi connectivity index (χ0n) is 21.0. The van der Waals surface area contributed by atoms with Gasteiger partial charge in [-0.25, -0.2) is 0 Å². The van der Waals surface area contributed by atoms with Gasteiger partial charge in [-0.1, -0.05) is 32.4 Å². The van der Waals surface area contributed by atoms with Crippen LogP contribution < -0.4 is 0 Å². The number of hydrogen-bond donors (Lipinski definition) is 0. The van der Waals surface area contributed by atoms with Gasteiger partial charge in [0.15, 0.2) is 0 Å². The highest BCUT2D eigenvalue weighted by molar-refractivity contribution is 5.67. The van der Waals surface area contributed by atoms with Crippen LogP contribution in [0.2, 0.25) is 0 Å². The Morgan fingerprint density at radius 2 is 1.67 bits per heavy atom. The summed E-state index contributed by atoms with van der Waals surface area (Å²) in [6, 6.07) is 0. The molecule has 3 saturated carbocycles. The van der Waals surface area contributed by atoms with Gasteiger partial charge in [0.05, 0.1) is 0 Å². The van der Waals surface area contributed by atoms with Crippen LogP contribution in [0.5, 0.6) is 0 Å². The molecule has 0 aromatic heterocycles. The Balaban J connectivity index is 1.72. The van der Waals surface area contributed by atoms with Crippen molar-refractivity contribution in [3.63, 3.8) is 0 Å². The van der Waals surface area contributed by atoms with Gasteiger partial charge in [-0.05, 0) is 61.7 Å². The Morgan fingerprint density at radius 3 is 2.30 bits per heavy atom. The summed E-state index contributed by atoms with van der Waals surface area (Å²) >= 11 is 0. The molecule has 0 unspecified atom stereocenters. The third-order valence-electron chi connectivity index (χ3n) is 9.67. The third-order valence-corrected chi connectivity index (χ3v) is 9.67. The molecule has 0 radical (unpaired) electrons. The van der Waals surface area contributed by atoms with Crippen molar-refractivity contribution in [2.24, 2.45) is 40.4 Å². The maximum atomic E-state index is 11.9. The molecule has 6 nitrogen and oxygen atoms in total. The van der Waals surface area contributed by atoms with Gasteiger partial charge >= 0.3 is 17.9 Å². The predicted octanol–water partition coefficient (Wildman–Crippen LogP) is 4.85. The molecule has 0 spiro atoms. The average Bonchev–Trinajstić information content (AvgIpc) is 3.02. The Morgan fingerprint density at radius 1 is 0.970 bits per heavy atom. The standard InChI is InChI=1S/C27H40O6/c1-15-11-20-13-21(32-18(4)29)12-16(2)27(20,14-31-17(3)28)23-9-10-26(6)22(25(15)23)7-8-24(26)33-19(5)30/h11,15-16,21-25H,7-10,12-14H2,1-6H3/t15-,16-,21+,22+,23+,24+,25+,26+,27+/m1/s1. The fourth-order valence-corrected chi connectivity index (χ4v) is 8.46. The van der Waals surface area contributed by atoms with E-state index in [1.54, 1.807) is 0 Å². The van der Waals surface area contributed by atoms with Crippen LogP contribution in [0.3, 0.4) is 0 Å². The molecular weight excluding hydrogens is 420 g/mol. The Labute approximate surface area is 197 Å². The highest BCUT2D eigenvalue weighted by Crippen LogP contribution is 2.67. The van der Waals surface area contributed by atoms with Crippen LogP contribution in [0.25, 0.3) is 0 Å². The number of hydrogen-bond acceptors (Lipinski definition) is 6. The number of esters is 3. The average molecular weight is 461 g/mol. The summed E-state index contributed by atoms with van der Waals surface area (Å²) in [6.45, 7) is 11.7. The van der Waals surface area contributed by atoms with Crippen molar-refractivity contribution in [3.05, 3.63) is 11.6 Å². The first-order valence-corrected chi connectivity index (χ1v) is 12.7. The van der Waals surface area contributed by atoms with E-state index >= 15 is 0 Å². The summed E-state index contributed by atoms with van der Waals surface area (Å²) in [6.07, 6.45) is 7.81. The molecule has 0 aromatic carbocycles. The number of fused-ring (bicyclic) bond motifs is 5. The van der Waals surface area contributed by atoms with Gasteiger partial charge in [-0.3, -0.25) is 14.4 Å². The van der Waals surface area contributed by atoms with Gasteiger partial charge in [0, 0.05) is 38.0 Å². The largest absolute Gasteiger partial charge is 0.465 e. The maximum absolute atomic E-state index is 11.9. The lowest BCUT2D eigenvalue weighted by atomic mass is 9.43. The second-order valence-electron chi connectivity index (χ2n) is 11.5. The number of ether oxygens (including phenoxy) is 3. The van der Waals surface area contributed by atoms with Crippen molar-refractivity contribution in [3.8, 4) is 0 Å². The molecule has 0 heterocycles. The van der Waals surface area contributed by atoms with E-state index in [4.69, 9.17) is 14.2 Å². The Hall–Kier alpha value is -1.85. The second-order valence-corrected chi connectivity index (χ2v) is 11.5. The molecule has 0 saturated heterocycles. The van der Waals surface area contributed by atoms with Gasteiger partial charge in [0.2, 0.25) is 0 Å². The molecule has 9 atom stereocenters. The summed E-state index contributed by atoms with van der Waals surface area (Å²) in [4.78, 5) is 35.4. The molecule has 0 bridgehead atoms. The van der Waals surface area contributed by atoms with E-state index in [1.807, 2.05) is 0 Å². The summed E-state index contributed by atoms with van der Waals surface area (Å²) in [5, 5.41) is 0. The van der Waals surface area contributed by atoms with E-state index in [2.05, 4.69) is 26.8 Å². The molecule has 0 aromatic rings. The van der Waals surface area contributed by atoms with Gasteiger partial charge in [0.25, 0.3) is 0 Å². The maximum Gasteiger partial charge on any atom is 0.302 e. The van der Waals surface area contributed by atoms with E-state index in [0.29, 0.717) is 30.3 Å². The first kappa shape index (κ1) is 24.3. The molecule has 33 heavy (non-hydrogen) atoms. The zero-order chi connectivity index (χ0) is 24.1. The van der Waals surface area contributed by atoms with Crippen molar-refractivity contribution in [2.75, 3.05) is 6.61 Å². The first-order valence-electron chi connectivity index (χ1n) is 12.7. The van der Waals surface area contributed by atoms with Crippen molar-refractivity contribution < 1.29 is 28.6 Å². The van der Waals surface area contributed by atoms with Gasteiger partial charge < -0.3 is 14.2 Å². The van der Waals surface area contributed by atoms with Gasteiger partial charge in [-0.15, -0.1) is 0 Å². The van der Waals surface area contributed by atoms with Crippen molar-refractivity contribution in [1.82, 2.24) is 0 Å². The smallest absolute Gasteiger partial charge is 0.302 e. The molecule has 184 valence electrons. The summed E-state index contributed by atoms with van der Waals surface area (Å²) in [5.41, 5.74) is 1.08. The minimum absolute atomic E-state index is 0.00670. The van der Waals surface area contributed by atoms with Crippen molar-refractivity contribution in [2.45, 2.75) is 92.3 Å². The highest BCUT2D eigenvalue weighted by Gasteiger charge is 2.64. The molecule has 3 fully saturated rings.